The van der Waals surface area contributed by atoms with E-state index in [1.807, 2.05) is 0 Å². The van der Waals surface area contributed by atoms with Crippen LogP contribution in [-0.4, -0.2) is 25.4 Å². The van der Waals surface area contributed by atoms with Gasteiger partial charge in [0.2, 0.25) is 5.82 Å². The van der Waals surface area contributed by atoms with Gasteiger partial charge in [0.25, 0.3) is 0 Å². The summed E-state index contributed by atoms with van der Waals surface area (Å²) in [4.78, 5) is 6.03. The zero-order valence-electron chi connectivity index (χ0n) is 7.61. The second-order valence-corrected chi connectivity index (χ2v) is 2.23. The minimum atomic E-state index is -4.43. The fourth-order valence-electron chi connectivity index (χ4n) is 0.612. The average Bonchev–Trinajstić information content (AvgIpc) is 2.76. The molecule has 16 heavy (non-hydrogen) atoms. The van der Waals surface area contributed by atoms with E-state index in [0.717, 1.165) is 12.4 Å². The van der Waals surface area contributed by atoms with Crippen LogP contribution in [0.1, 0.15) is 5.82 Å². The third-order valence-electron chi connectivity index (χ3n) is 1.15. The molecule has 0 saturated carbocycles. The molecule has 0 saturated heterocycles. The first-order valence-corrected chi connectivity index (χ1v) is 3.75. The van der Waals surface area contributed by atoms with E-state index in [-0.39, 0.29) is 17.1 Å². The smallest absolute Gasteiger partial charge is 0.266 e. The van der Waals surface area contributed by atoms with Crippen molar-refractivity contribution in [1.82, 2.24) is 25.4 Å². The van der Waals surface area contributed by atoms with Crippen molar-refractivity contribution in [3.8, 4) is 0 Å². The van der Waals surface area contributed by atoms with Crippen LogP contribution >= 0.6 is 0 Å². The van der Waals surface area contributed by atoms with Crippen molar-refractivity contribution >= 4 is 0 Å². The molecule has 0 unspecified atom stereocenters. The third kappa shape index (κ3) is 5.42. The molecular weight excluding hydrogens is 275 g/mol. The Labute approximate surface area is 99.0 Å². The molecule has 1 N–H and O–H groups in total. The fourth-order valence-corrected chi connectivity index (χ4v) is 0.612. The second-order valence-electron chi connectivity index (χ2n) is 2.23. The Morgan fingerprint density at radius 3 is 1.94 bits per heavy atom. The Bertz CT molecular complexity index is 346. The standard InChI is InChI=1S/C5H3F3N2.C2H3N3.Cu/c6-5(7,8)4-9-2-1-3-10-4;1-2-4-5-3-1;/h1-3H;1-2H,(H,3,4,5);. The summed E-state index contributed by atoms with van der Waals surface area (Å²) >= 11 is 0. The van der Waals surface area contributed by atoms with Gasteiger partial charge in [-0.1, -0.05) is 5.21 Å². The molecule has 5 nitrogen and oxygen atoms in total. The predicted molar refractivity (Wildman–Crippen MR) is 43.4 cm³/mol. The first-order chi connectivity index (χ1) is 7.11. The number of alkyl halides is 3. The van der Waals surface area contributed by atoms with E-state index in [9.17, 15) is 13.2 Å². The molecule has 0 aliphatic heterocycles. The molecule has 2 rings (SSSR count). The number of aromatic nitrogens is 5. The van der Waals surface area contributed by atoms with Crippen LogP contribution in [0, 0.1) is 0 Å². The largest absolute Gasteiger partial charge is 0.451 e. The van der Waals surface area contributed by atoms with E-state index >= 15 is 0 Å². The molecule has 0 aliphatic rings. The molecule has 0 amide bonds. The molecule has 0 aromatic carbocycles. The van der Waals surface area contributed by atoms with Gasteiger partial charge in [0.05, 0.1) is 6.20 Å². The number of H-pyrrole nitrogens is 1. The maximum Gasteiger partial charge on any atom is 0.451 e. The van der Waals surface area contributed by atoms with Crippen LogP contribution in [0.25, 0.3) is 0 Å². The third-order valence-corrected chi connectivity index (χ3v) is 1.15. The number of rotatable bonds is 0. The van der Waals surface area contributed by atoms with Gasteiger partial charge in [-0.15, -0.1) is 5.10 Å². The van der Waals surface area contributed by atoms with Gasteiger partial charge in [-0.05, 0) is 6.07 Å². The molecule has 2 heterocycles. The van der Waals surface area contributed by atoms with Crippen LogP contribution in [-0.2, 0) is 23.2 Å². The van der Waals surface area contributed by atoms with Crippen LogP contribution in [0.5, 0.6) is 0 Å². The SMILES string of the molecule is FC(F)(F)c1ncccn1.[Cu].c1c[nH]nn1. The molecule has 0 fully saturated rings. The second kappa shape index (κ2) is 6.91. The van der Waals surface area contributed by atoms with E-state index < -0.39 is 12.0 Å². The Morgan fingerprint density at radius 2 is 1.69 bits per heavy atom. The van der Waals surface area contributed by atoms with Gasteiger partial charge in [0.15, 0.2) is 0 Å². The first-order valence-electron chi connectivity index (χ1n) is 3.75. The maximum absolute atomic E-state index is 11.7. The summed E-state index contributed by atoms with van der Waals surface area (Å²) in [7, 11) is 0. The molecule has 2 aromatic rings. The number of aromatic amines is 1. The molecule has 2 aromatic heterocycles. The van der Waals surface area contributed by atoms with E-state index in [4.69, 9.17) is 0 Å². The van der Waals surface area contributed by atoms with Crippen molar-refractivity contribution < 1.29 is 30.2 Å². The fraction of sp³-hybridized carbons (Fsp3) is 0.143. The van der Waals surface area contributed by atoms with E-state index in [0.29, 0.717) is 0 Å². The monoisotopic (exact) mass is 280 g/mol. The molecule has 0 aliphatic carbocycles. The predicted octanol–water partition coefficient (Wildman–Crippen LogP) is 1.30. The van der Waals surface area contributed by atoms with E-state index in [2.05, 4.69) is 25.4 Å². The summed E-state index contributed by atoms with van der Waals surface area (Å²) in [5, 5.41) is 9.26. The molecule has 0 atom stereocenters. The Kier molecular flexibility index (Phi) is 6.28. The van der Waals surface area contributed by atoms with Gasteiger partial charge in [0.1, 0.15) is 0 Å². The molecule has 0 spiro atoms. The van der Waals surface area contributed by atoms with Gasteiger partial charge < -0.3 is 0 Å². The van der Waals surface area contributed by atoms with Crippen LogP contribution in [0.2, 0.25) is 0 Å². The number of halogens is 3. The normalized spacial score (nSPS) is 9.69. The minimum Gasteiger partial charge on any atom is -0.266 e. The quantitative estimate of drug-likeness (QED) is 0.739. The maximum atomic E-state index is 11.7. The Morgan fingerprint density at radius 1 is 1.06 bits per heavy atom. The molecular formula is C7H6CuF3N5. The van der Waals surface area contributed by atoms with Crippen LogP contribution in [0.3, 0.4) is 0 Å². The molecule has 91 valence electrons. The van der Waals surface area contributed by atoms with Crippen LogP contribution < -0.4 is 0 Å². The molecule has 1 radical (unpaired) electrons. The summed E-state index contributed by atoms with van der Waals surface area (Å²) in [6.45, 7) is 0. The summed E-state index contributed by atoms with van der Waals surface area (Å²) in [5.74, 6) is -1.10. The zero-order valence-corrected chi connectivity index (χ0v) is 8.55. The zero-order chi connectivity index (χ0) is 11.1. The van der Waals surface area contributed by atoms with Gasteiger partial charge in [0, 0.05) is 35.7 Å². The summed E-state index contributed by atoms with van der Waals surface area (Å²) in [6.07, 6.45) is 0.910. The number of hydrogen-bond donors (Lipinski definition) is 1. The van der Waals surface area contributed by atoms with Crippen molar-refractivity contribution in [2.24, 2.45) is 0 Å². The van der Waals surface area contributed by atoms with Crippen molar-refractivity contribution in [2.45, 2.75) is 6.18 Å². The minimum absolute atomic E-state index is 0. The van der Waals surface area contributed by atoms with E-state index in [1.165, 1.54) is 6.07 Å². The average molecular weight is 281 g/mol. The first kappa shape index (κ1) is 14.5. The van der Waals surface area contributed by atoms with Crippen LogP contribution in [0.4, 0.5) is 13.2 Å². The van der Waals surface area contributed by atoms with Gasteiger partial charge in [-0.2, -0.15) is 13.2 Å². The Hall–Kier alpha value is -1.47. The van der Waals surface area contributed by atoms with Crippen molar-refractivity contribution in [1.29, 1.82) is 0 Å². The summed E-state index contributed by atoms with van der Waals surface area (Å²) in [5.41, 5.74) is 0. The number of nitrogens with zero attached hydrogens (tertiary/aromatic N) is 4. The molecule has 9 heteroatoms. The summed E-state index contributed by atoms with van der Waals surface area (Å²) < 4.78 is 35.0. The molecule has 0 bridgehead atoms. The van der Waals surface area contributed by atoms with Crippen molar-refractivity contribution in [3.05, 3.63) is 36.7 Å². The van der Waals surface area contributed by atoms with Crippen molar-refractivity contribution in [3.63, 3.8) is 0 Å². The number of hydrogen-bond acceptors (Lipinski definition) is 4. The van der Waals surface area contributed by atoms with Crippen molar-refractivity contribution in [2.75, 3.05) is 0 Å². The van der Waals surface area contributed by atoms with Gasteiger partial charge in [-0.3, -0.25) is 5.10 Å². The summed E-state index contributed by atoms with van der Waals surface area (Å²) in [6, 6.07) is 1.33. The number of nitrogens with one attached hydrogen (secondary N) is 1. The Balaban J connectivity index is 0.000000318. The van der Waals surface area contributed by atoms with Crippen LogP contribution in [0.15, 0.2) is 30.9 Å². The topological polar surface area (TPSA) is 67.3 Å². The van der Waals surface area contributed by atoms with E-state index in [1.54, 1.807) is 12.4 Å². The van der Waals surface area contributed by atoms with Gasteiger partial charge in [-0.25, -0.2) is 9.97 Å². The van der Waals surface area contributed by atoms with Gasteiger partial charge >= 0.3 is 6.18 Å².